The van der Waals surface area contributed by atoms with Gasteiger partial charge in [-0.25, -0.2) is 0 Å². The van der Waals surface area contributed by atoms with Crippen LogP contribution in [0, 0.1) is 13.8 Å². The van der Waals surface area contributed by atoms with E-state index in [-0.39, 0.29) is 10.8 Å². The van der Waals surface area contributed by atoms with Crippen molar-refractivity contribution in [2.75, 3.05) is 0 Å². The van der Waals surface area contributed by atoms with Crippen molar-refractivity contribution in [3.63, 3.8) is 0 Å². The number of rotatable bonds is 3. The van der Waals surface area contributed by atoms with E-state index in [1.165, 1.54) is 111 Å². The lowest BCUT2D eigenvalue weighted by Crippen LogP contribution is -2.15. The summed E-state index contributed by atoms with van der Waals surface area (Å²) in [6, 6.07) is 55.5. The minimum atomic E-state index is -0.0769. The van der Waals surface area contributed by atoms with E-state index < -0.39 is 0 Å². The number of benzene rings is 8. The molecule has 8 aromatic carbocycles. The number of hydrogen-bond donors (Lipinski definition) is 0. The number of fused-ring (bicyclic) bond motifs is 8. The molecule has 52 heavy (non-hydrogen) atoms. The largest absolute Gasteiger partial charge is 0.0619 e. The summed E-state index contributed by atoms with van der Waals surface area (Å²) in [5, 5.41) is 5.18. The van der Waals surface area contributed by atoms with Gasteiger partial charge in [-0.15, -0.1) is 0 Å². The van der Waals surface area contributed by atoms with Crippen LogP contribution in [-0.4, -0.2) is 0 Å². The van der Waals surface area contributed by atoms with E-state index in [0.717, 1.165) is 0 Å². The highest BCUT2D eigenvalue weighted by Gasteiger charge is 2.36. The molecule has 0 spiro atoms. The van der Waals surface area contributed by atoms with Gasteiger partial charge in [0.1, 0.15) is 0 Å². The lowest BCUT2D eigenvalue weighted by atomic mass is 9.79. The SMILES string of the molecule is Cc1ccc(-c2c3ccccc3c(-c3ccc4c(c3)C(C)(C)c3ccccc3-4)c3cc(-c4ccc5c(c4)C(C)(C)c4ccccc4-5)ccc23)c(C)c1. The van der Waals surface area contributed by atoms with Crippen LogP contribution < -0.4 is 0 Å². The Labute approximate surface area is 307 Å². The summed E-state index contributed by atoms with van der Waals surface area (Å²) < 4.78 is 0. The van der Waals surface area contributed by atoms with Gasteiger partial charge in [-0.1, -0.05) is 161 Å². The van der Waals surface area contributed by atoms with E-state index in [1.54, 1.807) is 0 Å². The summed E-state index contributed by atoms with van der Waals surface area (Å²) in [6.07, 6.45) is 0. The van der Waals surface area contributed by atoms with Crippen LogP contribution in [0.4, 0.5) is 0 Å². The molecular formula is C52H42. The fourth-order valence-electron chi connectivity index (χ4n) is 9.80. The van der Waals surface area contributed by atoms with Gasteiger partial charge in [-0.3, -0.25) is 0 Å². The van der Waals surface area contributed by atoms with E-state index in [2.05, 4.69) is 187 Å². The maximum absolute atomic E-state index is 2.50. The lowest BCUT2D eigenvalue weighted by Gasteiger charge is -2.24. The van der Waals surface area contributed by atoms with Gasteiger partial charge < -0.3 is 0 Å². The third-order valence-corrected chi connectivity index (χ3v) is 12.5. The first kappa shape index (κ1) is 31.1. The smallest absolute Gasteiger partial charge is 0.0159 e. The Morgan fingerprint density at radius 1 is 0.327 bits per heavy atom. The summed E-state index contributed by atoms with van der Waals surface area (Å²) in [4.78, 5) is 0. The van der Waals surface area contributed by atoms with Crippen molar-refractivity contribution in [1.82, 2.24) is 0 Å². The van der Waals surface area contributed by atoms with Crippen molar-refractivity contribution in [2.24, 2.45) is 0 Å². The fraction of sp³-hybridized carbons (Fsp3) is 0.154. The maximum atomic E-state index is 2.50. The first-order valence-corrected chi connectivity index (χ1v) is 18.7. The zero-order chi connectivity index (χ0) is 35.5. The van der Waals surface area contributed by atoms with Gasteiger partial charge >= 0.3 is 0 Å². The first-order chi connectivity index (χ1) is 25.1. The zero-order valence-corrected chi connectivity index (χ0v) is 30.9. The Balaban J connectivity index is 1.26. The molecule has 0 N–H and O–H groups in total. The van der Waals surface area contributed by atoms with Gasteiger partial charge in [0, 0.05) is 10.8 Å². The van der Waals surface area contributed by atoms with Gasteiger partial charge in [0.15, 0.2) is 0 Å². The van der Waals surface area contributed by atoms with Crippen molar-refractivity contribution in [3.05, 3.63) is 179 Å². The zero-order valence-electron chi connectivity index (χ0n) is 30.9. The molecule has 0 aromatic heterocycles. The van der Waals surface area contributed by atoms with Crippen LogP contribution in [-0.2, 0) is 10.8 Å². The quantitative estimate of drug-likeness (QED) is 0.165. The van der Waals surface area contributed by atoms with Gasteiger partial charge in [0.25, 0.3) is 0 Å². The van der Waals surface area contributed by atoms with Crippen LogP contribution in [0.15, 0.2) is 146 Å². The van der Waals surface area contributed by atoms with E-state index in [0.29, 0.717) is 0 Å². The Kier molecular flexibility index (Phi) is 6.50. The fourth-order valence-corrected chi connectivity index (χ4v) is 9.80. The summed E-state index contributed by atoms with van der Waals surface area (Å²) in [5.41, 5.74) is 21.2. The molecule has 10 rings (SSSR count). The molecule has 0 unspecified atom stereocenters. The standard InChI is InChI=1S/C52H42/c1-31-19-23-36(32(2)27-31)50-42-16-8-7-15-41(42)49(35-22-25-40-38-14-10-12-18-46(38)52(5,6)48(40)30-35)44-28-33(21-26-43(44)50)34-20-24-39-37-13-9-11-17-45(37)51(3,4)47(39)29-34/h7-30H,1-6H3. The lowest BCUT2D eigenvalue weighted by molar-refractivity contribution is 0.660. The molecule has 0 fully saturated rings. The molecular weight excluding hydrogens is 625 g/mol. The van der Waals surface area contributed by atoms with Crippen LogP contribution in [0.3, 0.4) is 0 Å². The molecule has 8 aromatic rings. The van der Waals surface area contributed by atoms with Gasteiger partial charge in [-0.05, 0) is 137 Å². The number of aryl methyl sites for hydroxylation is 2. The van der Waals surface area contributed by atoms with Crippen LogP contribution in [0.1, 0.15) is 61.1 Å². The average molecular weight is 667 g/mol. The summed E-state index contributed by atoms with van der Waals surface area (Å²) in [5.74, 6) is 0. The molecule has 0 radical (unpaired) electrons. The minimum absolute atomic E-state index is 0.0505. The second kappa shape index (κ2) is 10.9. The third-order valence-electron chi connectivity index (χ3n) is 12.5. The third kappa shape index (κ3) is 4.28. The van der Waals surface area contributed by atoms with Crippen molar-refractivity contribution < 1.29 is 0 Å². The minimum Gasteiger partial charge on any atom is -0.0619 e. The molecule has 0 heterocycles. The van der Waals surface area contributed by atoms with E-state index in [1.807, 2.05) is 0 Å². The Morgan fingerprint density at radius 2 is 0.788 bits per heavy atom. The molecule has 0 bridgehead atoms. The van der Waals surface area contributed by atoms with Crippen molar-refractivity contribution in [1.29, 1.82) is 0 Å². The molecule has 0 aliphatic heterocycles. The van der Waals surface area contributed by atoms with E-state index >= 15 is 0 Å². The predicted octanol–water partition coefficient (Wildman–Crippen LogP) is 14.2. The Morgan fingerprint density at radius 3 is 1.42 bits per heavy atom. The van der Waals surface area contributed by atoms with Crippen LogP contribution >= 0.6 is 0 Å². The van der Waals surface area contributed by atoms with Crippen LogP contribution in [0.25, 0.3) is 77.2 Å². The number of hydrogen-bond acceptors (Lipinski definition) is 0. The molecule has 0 nitrogen and oxygen atoms in total. The molecule has 2 aliphatic rings. The highest BCUT2D eigenvalue weighted by Crippen LogP contribution is 2.53. The van der Waals surface area contributed by atoms with Crippen LogP contribution in [0.5, 0.6) is 0 Å². The second-order valence-electron chi connectivity index (χ2n) is 16.2. The maximum Gasteiger partial charge on any atom is 0.0159 e. The molecule has 0 saturated carbocycles. The van der Waals surface area contributed by atoms with Gasteiger partial charge in [-0.2, -0.15) is 0 Å². The molecule has 250 valence electrons. The van der Waals surface area contributed by atoms with Crippen molar-refractivity contribution in [2.45, 2.75) is 52.4 Å². The molecule has 2 aliphatic carbocycles. The highest BCUT2D eigenvalue weighted by molar-refractivity contribution is 6.22. The summed E-state index contributed by atoms with van der Waals surface area (Å²) in [6.45, 7) is 14.0. The predicted molar refractivity (Wildman–Crippen MR) is 222 cm³/mol. The highest BCUT2D eigenvalue weighted by atomic mass is 14.4. The Hall–Kier alpha value is -5.72. The molecule has 0 amide bonds. The van der Waals surface area contributed by atoms with E-state index in [4.69, 9.17) is 0 Å². The first-order valence-electron chi connectivity index (χ1n) is 18.7. The topological polar surface area (TPSA) is 0 Å². The normalized spacial score (nSPS) is 14.7. The van der Waals surface area contributed by atoms with Crippen molar-refractivity contribution >= 4 is 21.5 Å². The molecule has 0 atom stereocenters. The molecule has 0 saturated heterocycles. The molecule has 0 heteroatoms. The van der Waals surface area contributed by atoms with Crippen LogP contribution in [0.2, 0.25) is 0 Å². The Bertz CT molecular complexity index is 2800. The van der Waals surface area contributed by atoms with E-state index in [9.17, 15) is 0 Å². The summed E-state index contributed by atoms with van der Waals surface area (Å²) >= 11 is 0. The summed E-state index contributed by atoms with van der Waals surface area (Å²) in [7, 11) is 0. The van der Waals surface area contributed by atoms with Gasteiger partial charge in [0.05, 0.1) is 0 Å². The van der Waals surface area contributed by atoms with Gasteiger partial charge in [0.2, 0.25) is 0 Å². The second-order valence-corrected chi connectivity index (χ2v) is 16.2. The van der Waals surface area contributed by atoms with Crippen molar-refractivity contribution in [3.8, 4) is 55.6 Å². The average Bonchev–Trinajstić information content (AvgIpc) is 3.53. The monoisotopic (exact) mass is 666 g/mol.